The fraction of sp³-hybridized carbons (Fsp3) is 0.375. The summed E-state index contributed by atoms with van der Waals surface area (Å²) in [6, 6.07) is 11.5. The molecule has 1 fully saturated rings. The van der Waals surface area contributed by atoms with Crippen molar-refractivity contribution in [3.05, 3.63) is 70.4 Å². The van der Waals surface area contributed by atoms with Crippen LogP contribution >= 0.6 is 11.5 Å². The van der Waals surface area contributed by atoms with Gasteiger partial charge in [0.2, 0.25) is 0 Å². The molecule has 0 aliphatic carbocycles. The Morgan fingerprint density at radius 2 is 2.06 bits per heavy atom. The largest absolute Gasteiger partial charge is 0.489 e. The van der Waals surface area contributed by atoms with Crippen molar-refractivity contribution in [2.45, 2.75) is 38.3 Å². The molecule has 1 N–H and O–H groups in total. The Labute approximate surface area is 199 Å². The zero-order valence-electron chi connectivity index (χ0n) is 18.8. The Morgan fingerprint density at radius 3 is 2.74 bits per heavy atom. The highest BCUT2D eigenvalue weighted by atomic mass is 32.1. The van der Waals surface area contributed by atoms with Crippen LogP contribution in [0.3, 0.4) is 0 Å². The van der Waals surface area contributed by atoms with Crippen molar-refractivity contribution in [3.63, 3.8) is 0 Å². The summed E-state index contributed by atoms with van der Waals surface area (Å²) >= 11 is 1.17. The number of hydrogen-bond acceptors (Lipinski definition) is 6. The average Bonchev–Trinajstić information content (AvgIpc) is 3.48. The molecule has 4 rings (SSSR count). The number of carbonyl (C=O) groups is 1. The third kappa shape index (κ3) is 5.32. The number of nitrogens with one attached hydrogen (secondary N) is 1. The second-order valence-corrected chi connectivity index (χ2v) is 9.10. The van der Waals surface area contributed by atoms with Gasteiger partial charge >= 0.3 is 5.92 Å². The van der Waals surface area contributed by atoms with Crippen molar-refractivity contribution in [1.82, 2.24) is 14.7 Å². The van der Waals surface area contributed by atoms with Crippen LogP contribution in [0.4, 0.5) is 19.0 Å². The quantitative estimate of drug-likeness (QED) is 0.478. The molecule has 1 aliphatic rings. The number of anilines is 1. The van der Waals surface area contributed by atoms with Gasteiger partial charge in [0.05, 0.1) is 12.6 Å². The minimum absolute atomic E-state index is 0.135. The molecule has 1 aliphatic heterocycles. The topological polar surface area (TPSA) is 67.3 Å². The summed E-state index contributed by atoms with van der Waals surface area (Å²) in [7, 11) is 0. The van der Waals surface area contributed by atoms with Crippen LogP contribution in [0.2, 0.25) is 0 Å². The molecule has 2 atom stereocenters. The van der Waals surface area contributed by atoms with Crippen molar-refractivity contribution < 1.29 is 22.7 Å². The normalized spacial score (nSPS) is 17.0. The smallest absolute Gasteiger partial charge is 0.317 e. The maximum absolute atomic E-state index is 13.7. The highest BCUT2D eigenvalue weighted by Crippen LogP contribution is 2.30. The van der Waals surface area contributed by atoms with E-state index in [9.17, 15) is 18.0 Å². The third-order valence-corrected chi connectivity index (χ3v) is 6.63. The highest BCUT2D eigenvalue weighted by molar-refractivity contribution is 7.08. The predicted molar refractivity (Wildman–Crippen MR) is 125 cm³/mol. The Morgan fingerprint density at radius 1 is 1.29 bits per heavy atom. The van der Waals surface area contributed by atoms with Crippen LogP contribution < -0.4 is 15.0 Å². The fourth-order valence-electron chi connectivity index (χ4n) is 3.79. The van der Waals surface area contributed by atoms with Gasteiger partial charge in [-0.05, 0) is 60.8 Å². The van der Waals surface area contributed by atoms with Crippen LogP contribution in [0.15, 0.2) is 48.7 Å². The molecular weight excluding hydrogens is 465 g/mol. The molecule has 34 heavy (non-hydrogen) atoms. The lowest BCUT2D eigenvalue weighted by molar-refractivity contribution is -0.0320. The van der Waals surface area contributed by atoms with Gasteiger partial charge in [-0.1, -0.05) is 18.2 Å². The number of rotatable bonds is 8. The van der Waals surface area contributed by atoms with Gasteiger partial charge in [-0.25, -0.2) is 13.7 Å². The molecule has 2 aromatic heterocycles. The number of carbonyl (C=O) groups excluding carboxylic acids is 1. The molecular formula is C24H25F3N4O2S. The number of aryl methyl sites for hydroxylation is 1. The zero-order valence-corrected chi connectivity index (χ0v) is 19.6. The summed E-state index contributed by atoms with van der Waals surface area (Å²) in [6.45, 7) is 3.07. The number of amides is 1. The summed E-state index contributed by atoms with van der Waals surface area (Å²) in [4.78, 5) is 18.8. The lowest BCUT2D eigenvalue weighted by Crippen LogP contribution is -2.27. The van der Waals surface area contributed by atoms with E-state index in [1.807, 2.05) is 43.0 Å². The van der Waals surface area contributed by atoms with E-state index in [0.29, 0.717) is 36.0 Å². The van der Waals surface area contributed by atoms with Crippen molar-refractivity contribution >= 4 is 23.3 Å². The maximum Gasteiger partial charge on any atom is 0.317 e. The van der Waals surface area contributed by atoms with E-state index < -0.39 is 18.3 Å². The second kappa shape index (κ2) is 10.0. The number of alkyl halides is 3. The van der Waals surface area contributed by atoms with Crippen LogP contribution in [0.1, 0.15) is 45.9 Å². The molecule has 10 heteroatoms. The summed E-state index contributed by atoms with van der Waals surface area (Å²) in [6.07, 6.45) is 2.24. The summed E-state index contributed by atoms with van der Waals surface area (Å²) in [5.74, 6) is -2.68. The highest BCUT2D eigenvalue weighted by Gasteiger charge is 2.34. The van der Waals surface area contributed by atoms with Gasteiger partial charge in [0, 0.05) is 19.2 Å². The molecule has 0 radical (unpaired) electrons. The fourth-order valence-corrected chi connectivity index (χ4v) is 4.44. The van der Waals surface area contributed by atoms with Crippen molar-refractivity contribution in [2.24, 2.45) is 0 Å². The van der Waals surface area contributed by atoms with E-state index in [0.717, 1.165) is 17.2 Å². The molecule has 0 bridgehead atoms. The van der Waals surface area contributed by atoms with E-state index in [2.05, 4.69) is 14.7 Å². The third-order valence-electron chi connectivity index (χ3n) is 5.73. The lowest BCUT2D eigenvalue weighted by atomic mass is 10.1. The first-order chi connectivity index (χ1) is 16.3. The van der Waals surface area contributed by atoms with E-state index in [1.54, 1.807) is 12.3 Å². The number of nitrogens with zero attached hydrogens (tertiary/aromatic N) is 3. The molecule has 6 nitrogen and oxygen atoms in total. The van der Waals surface area contributed by atoms with Gasteiger partial charge in [-0.15, -0.1) is 0 Å². The molecule has 0 spiro atoms. The summed E-state index contributed by atoms with van der Waals surface area (Å²) in [5, 5.41) is 2.98. The lowest BCUT2D eigenvalue weighted by Gasteiger charge is -2.20. The van der Waals surface area contributed by atoms with Crippen molar-refractivity contribution in [3.8, 4) is 5.75 Å². The number of benzene rings is 1. The minimum atomic E-state index is -3.59. The molecule has 180 valence electrons. The van der Waals surface area contributed by atoms with Gasteiger partial charge in [0.1, 0.15) is 28.2 Å². The van der Waals surface area contributed by atoms with Gasteiger partial charge in [-0.2, -0.15) is 8.78 Å². The first kappa shape index (κ1) is 24.0. The number of aromatic nitrogens is 2. The molecule has 2 unspecified atom stereocenters. The Hall–Kier alpha value is -3.14. The minimum Gasteiger partial charge on any atom is -0.489 e. The standard InChI is InChI=1S/C24H25F3N4O2S/c1-15-12-28-34-22(15)23(32)29-16(2)17-6-8-18(9-7-17)33-19-10-11-31(13-19)21-5-3-4-20(30-21)24(26,27)14-25/h3-9,12,16,19H,10-11,13-14H2,1-2H3,(H,29,32). The Bertz CT molecular complexity index is 1140. The zero-order chi connectivity index (χ0) is 24.3. The number of halogens is 3. The van der Waals surface area contributed by atoms with E-state index in [-0.39, 0.29) is 18.1 Å². The Kier molecular flexibility index (Phi) is 7.06. The molecule has 1 saturated heterocycles. The van der Waals surface area contributed by atoms with Crippen LogP contribution in [-0.4, -0.2) is 41.1 Å². The first-order valence-electron chi connectivity index (χ1n) is 10.9. The Balaban J connectivity index is 1.33. The van der Waals surface area contributed by atoms with Crippen LogP contribution in [0.25, 0.3) is 0 Å². The van der Waals surface area contributed by atoms with Crippen LogP contribution in [0, 0.1) is 6.92 Å². The predicted octanol–water partition coefficient (Wildman–Crippen LogP) is 5.06. The van der Waals surface area contributed by atoms with Crippen molar-refractivity contribution in [2.75, 3.05) is 24.7 Å². The van der Waals surface area contributed by atoms with Crippen molar-refractivity contribution in [1.29, 1.82) is 0 Å². The second-order valence-electron chi connectivity index (χ2n) is 8.30. The van der Waals surface area contributed by atoms with E-state index in [1.165, 1.54) is 17.6 Å². The first-order valence-corrected chi connectivity index (χ1v) is 11.7. The molecule has 3 aromatic rings. The molecule has 1 amide bonds. The van der Waals surface area contributed by atoms with E-state index in [4.69, 9.17) is 4.74 Å². The summed E-state index contributed by atoms with van der Waals surface area (Å²) < 4.78 is 50.1. The van der Waals surface area contributed by atoms with Gasteiger partial charge in [0.25, 0.3) is 5.91 Å². The maximum atomic E-state index is 13.7. The monoisotopic (exact) mass is 490 g/mol. The SMILES string of the molecule is Cc1cnsc1C(=O)NC(C)c1ccc(OC2CCN(c3cccc(C(F)(F)CF)n3)C2)cc1. The number of ether oxygens (including phenoxy) is 1. The summed E-state index contributed by atoms with van der Waals surface area (Å²) in [5.41, 5.74) is 1.21. The van der Waals surface area contributed by atoms with Crippen LogP contribution in [0.5, 0.6) is 5.75 Å². The van der Waals surface area contributed by atoms with Crippen LogP contribution in [-0.2, 0) is 5.92 Å². The molecule has 1 aromatic carbocycles. The number of pyridine rings is 1. The number of hydrogen-bond donors (Lipinski definition) is 1. The average molecular weight is 491 g/mol. The van der Waals surface area contributed by atoms with E-state index >= 15 is 0 Å². The van der Waals surface area contributed by atoms with Gasteiger partial charge < -0.3 is 15.0 Å². The van der Waals surface area contributed by atoms with Gasteiger partial charge in [0.15, 0.2) is 6.67 Å². The van der Waals surface area contributed by atoms with Gasteiger partial charge in [-0.3, -0.25) is 4.79 Å². The molecule has 3 heterocycles. The molecule has 0 saturated carbocycles.